The zero-order valence-electron chi connectivity index (χ0n) is 14.7. The van der Waals surface area contributed by atoms with E-state index in [9.17, 15) is 0 Å². The first kappa shape index (κ1) is 15.5. The van der Waals surface area contributed by atoms with Crippen molar-refractivity contribution >= 4 is 0 Å². The van der Waals surface area contributed by atoms with Gasteiger partial charge in [0, 0.05) is 38.1 Å². The highest BCUT2D eigenvalue weighted by Gasteiger charge is 2.35. The van der Waals surface area contributed by atoms with E-state index in [-0.39, 0.29) is 0 Å². The molecule has 1 aliphatic carbocycles. The Bertz CT molecular complexity index is 711. The minimum Gasteiger partial charge on any atom is -0.424 e. The summed E-state index contributed by atoms with van der Waals surface area (Å²) in [6, 6.07) is 11.5. The van der Waals surface area contributed by atoms with Crippen molar-refractivity contribution in [1.29, 1.82) is 0 Å². The molecule has 3 saturated heterocycles. The van der Waals surface area contributed by atoms with Crippen molar-refractivity contribution in [2.45, 2.75) is 50.7 Å². The van der Waals surface area contributed by atoms with Gasteiger partial charge in [0.05, 0.1) is 6.54 Å². The van der Waals surface area contributed by atoms with Gasteiger partial charge in [-0.2, -0.15) is 0 Å². The molecule has 4 fully saturated rings. The number of benzene rings is 1. The van der Waals surface area contributed by atoms with Crippen molar-refractivity contribution in [3.05, 3.63) is 47.7 Å². The number of aromatic nitrogens is 2. The average Bonchev–Trinajstić information content (AvgIpc) is 3.42. The second-order valence-corrected chi connectivity index (χ2v) is 8.01. The molecule has 2 aromatic rings. The molecule has 0 spiro atoms. The Morgan fingerprint density at radius 2 is 1.80 bits per heavy atom. The van der Waals surface area contributed by atoms with E-state index in [2.05, 4.69) is 50.3 Å². The lowest BCUT2D eigenvalue weighted by atomic mass is 9.94. The molecule has 1 aromatic carbocycles. The molecule has 132 valence electrons. The normalized spacial score (nSPS) is 27.5. The fourth-order valence-electron chi connectivity index (χ4n) is 4.43. The fraction of sp³-hybridized carbons (Fsp3) is 0.600. The van der Waals surface area contributed by atoms with Crippen molar-refractivity contribution in [1.82, 2.24) is 20.0 Å². The maximum absolute atomic E-state index is 5.89. The van der Waals surface area contributed by atoms with E-state index < -0.39 is 0 Å². The van der Waals surface area contributed by atoms with Gasteiger partial charge in [-0.1, -0.05) is 30.3 Å². The Hall–Kier alpha value is -1.72. The second kappa shape index (κ2) is 6.54. The molecule has 5 heteroatoms. The van der Waals surface area contributed by atoms with Crippen LogP contribution < -0.4 is 0 Å². The van der Waals surface area contributed by atoms with Gasteiger partial charge in [0.15, 0.2) is 0 Å². The highest BCUT2D eigenvalue weighted by molar-refractivity contribution is 5.15. The van der Waals surface area contributed by atoms with E-state index in [0.29, 0.717) is 12.0 Å². The molecule has 1 saturated carbocycles. The molecule has 4 aliphatic rings. The number of hydrogen-bond donors (Lipinski definition) is 0. The number of piperidine rings is 1. The number of rotatable bonds is 5. The van der Waals surface area contributed by atoms with Crippen LogP contribution in [0.25, 0.3) is 0 Å². The maximum Gasteiger partial charge on any atom is 0.230 e. The topological polar surface area (TPSA) is 45.4 Å². The van der Waals surface area contributed by atoms with Gasteiger partial charge in [-0.25, -0.2) is 0 Å². The minimum atomic E-state index is 0.544. The van der Waals surface area contributed by atoms with E-state index in [0.717, 1.165) is 43.9 Å². The Labute approximate surface area is 149 Å². The number of nitrogens with zero attached hydrogens (tertiary/aromatic N) is 4. The first-order valence-electron chi connectivity index (χ1n) is 9.66. The molecule has 1 aromatic heterocycles. The molecule has 2 atom stereocenters. The van der Waals surface area contributed by atoms with Crippen LogP contribution in [0.15, 0.2) is 34.7 Å². The van der Waals surface area contributed by atoms with E-state index in [1.54, 1.807) is 0 Å². The molecule has 4 heterocycles. The zero-order chi connectivity index (χ0) is 16.6. The third-order valence-electron chi connectivity index (χ3n) is 5.90. The third-order valence-corrected chi connectivity index (χ3v) is 5.90. The summed E-state index contributed by atoms with van der Waals surface area (Å²) < 4.78 is 5.89. The van der Waals surface area contributed by atoms with Gasteiger partial charge in [-0.15, -0.1) is 10.2 Å². The molecule has 25 heavy (non-hydrogen) atoms. The van der Waals surface area contributed by atoms with Gasteiger partial charge in [0.1, 0.15) is 0 Å². The Morgan fingerprint density at radius 1 is 0.920 bits per heavy atom. The predicted molar refractivity (Wildman–Crippen MR) is 94.9 cm³/mol. The monoisotopic (exact) mass is 338 g/mol. The van der Waals surface area contributed by atoms with Crippen LogP contribution in [0.5, 0.6) is 0 Å². The van der Waals surface area contributed by atoms with Crippen LogP contribution in [0.4, 0.5) is 0 Å². The Kier molecular flexibility index (Phi) is 4.06. The number of fused-ring (bicyclic) bond motifs is 4. The Balaban J connectivity index is 1.25. The van der Waals surface area contributed by atoms with Crippen molar-refractivity contribution in [3.8, 4) is 0 Å². The molecule has 0 unspecified atom stereocenters. The molecule has 6 rings (SSSR count). The van der Waals surface area contributed by atoms with Gasteiger partial charge < -0.3 is 4.42 Å². The summed E-state index contributed by atoms with van der Waals surface area (Å²) in [4.78, 5) is 5.23. The van der Waals surface area contributed by atoms with Crippen LogP contribution in [0.2, 0.25) is 0 Å². The molecule has 0 N–H and O–H groups in total. The summed E-state index contributed by atoms with van der Waals surface area (Å²) in [7, 11) is 0. The van der Waals surface area contributed by atoms with Gasteiger partial charge >= 0.3 is 0 Å². The first-order chi connectivity index (χ1) is 12.3. The van der Waals surface area contributed by atoms with E-state index in [4.69, 9.17) is 4.42 Å². The highest BCUT2D eigenvalue weighted by atomic mass is 16.4. The highest BCUT2D eigenvalue weighted by Crippen LogP contribution is 2.39. The molecule has 5 nitrogen and oxygen atoms in total. The summed E-state index contributed by atoms with van der Waals surface area (Å²) in [5.74, 6) is 2.97. The second-order valence-electron chi connectivity index (χ2n) is 8.01. The van der Waals surface area contributed by atoms with Crippen LogP contribution in [-0.4, -0.2) is 45.7 Å². The summed E-state index contributed by atoms with van der Waals surface area (Å²) >= 11 is 0. The molecular formula is C20H26N4O. The summed E-state index contributed by atoms with van der Waals surface area (Å²) in [6.07, 6.45) is 5.09. The van der Waals surface area contributed by atoms with Crippen molar-refractivity contribution in [3.63, 3.8) is 0 Å². The largest absolute Gasteiger partial charge is 0.424 e. The van der Waals surface area contributed by atoms with Crippen molar-refractivity contribution < 1.29 is 4.42 Å². The van der Waals surface area contributed by atoms with Gasteiger partial charge in [0.2, 0.25) is 11.8 Å². The van der Waals surface area contributed by atoms with Crippen LogP contribution in [0, 0.1) is 5.92 Å². The van der Waals surface area contributed by atoms with Crippen molar-refractivity contribution in [2.75, 3.05) is 19.6 Å². The standard InChI is InChI=1S/C20H26N4O/c1-2-4-15(5-3-1)11-24-12-16-6-9-18(24)13-23(10-16)14-19-21-22-20(25-19)17-7-8-17/h1-5,16-18H,6-14H2/t16-,18+/m1/s1. The van der Waals surface area contributed by atoms with E-state index in [1.807, 2.05) is 0 Å². The zero-order valence-corrected chi connectivity index (χ0v) is 14.7. The van der Waals surface area contributed by atoms with Crippen LogP contribution in [-0.2, 0) is 13.1 Å². The maximum atomic E-state index is 5.89. The SMILES string of the molecule is c1ccc(CN2C[C@@H]3CC[C@H]2CN(Cc2nnc(C4CC4)o2)C3)cc1. The Morgan fingerprint density at radius 3 is 2.64 bits per heavy atom. The fourth-order valence-corrected chi connectivity index (χ4v) is 4.43. The van der Waals surface area contributed by atoms with Gasteiger partial charge in [0.25, 0.3) is 0 Å². The molecule has 3 aliphatic heterocycles. The molecule has 0 amide bonds. The van der Waals surface area contributed by atoms with Crippen LogP contribution in [0.3, 0.4) is 0 Å². The average molecular weight is 338 g/mol. The quantitative estimate of drug-likeness (QED) is 0.838. The summed E-state index contributed by atoms with van der Waals surface area (Å²) in [5.41, 5.74) is 1.42. The van der Waals surface area contributed by atoms with Crippen molar-refractivity contribution in [2.24, 2.45) is 5.92 Å². The third kappa shape index (κ3) is 3.48. The van der Waals surface area contributed by atoms with Gasteiger partial charge in [-0.05, 0) is 37.2 Å². The van der Waals surface area contributed by atoms with Gasteiger partial charge in [-0.3, -0.25) is 9.80 Å². The van der Waals surface area contributed by atoms with Crippen LogP contribution >= 0.6 is 0 Å². The predicted octanol–water partition coefficient (Wildman–Crippen LogP) is 3.04. The lowest BCUT2D eigenvalue weighted by Gasteiger charge is -2.36. The van der Waals surface area contributed by atoms with E-state index >= 15 is 0 Å². The first-order valence-corrected chi connectivity index (χ1v) is 9.66. The minimum absolute atomic E-state index is 0.544. The lowest BCUT2D eigenvalue weighted by Crippen LogP contribution is -2.43. The summed E-state index contributed by atoms with van der Waals surface area (Å²) in [5, 5.41) is 8.53. The van der Waals surface area contributed by atoms with Crippen LogP contribution in [0.1, 0.15) is 48.9 Å². The molecule has 0 radical (unpaired) electrons. The molecule has 2 bridgehead atoms. The van der Waals surface area contributed by atoms with E-state index in [1.165, 1.54) is 37.8 Å². The smallest absolute Gasteiger partial charge is 0.230 e. The number of hydrogen-bond acceptors (Lipinski definition) is 5. The lowest BCUT2D eigenvalue weighted by molar-refractivity contribution is 0.122. The molecular weight excluding hydrogens is 312 g/mol. The summed E-state index contributed by atoms with van der Waals surface area (Å²) in [6.45, 7) is 5.37.